The molecule has 1 aromatic carbocycles. The van der Waals surface area contributed by atoms with Crippen molar-refractivity contribution in [1.29, 1.82) is 0 Å². The van der Waals surface area contributed by atoms with E-state index in [9.17, 15) is 4.79 Å². The van der Waals surface area contributed by atoms with Crippen LogP contribution in [0.1, 0.15) is 32.4 Å². The van der Waals surface area contributed by atoms with Crippen LogP contribution < -0.4 is 10.5 Å². The largest absolute Gasteiger partial charge is 0.473 e. The van der Waals surface area contributed by atoms with Crippen molar-refractivity contribution in [2.45, 2.75) is 32.9 Å². The Hall–Kier alpha value is -2.75. The SMILES string of the molecule is CC(=O)N1CCO[C@H](COc2nc(-c3ccc(C(N)C(C)C)cc3)cc3nccnc23)C1.S. The highest BCUT2D eigenvalue weighted by Crippen LogP contribution is 2.28. The molecule has 1 aliphatic heterocycles. The number of pyridine rings is 1. The molecule has 3 aromatic rings. The molecule has 2 aromatic heterocycles. The van der Waals surface area contributed by atoms with Gasteiger partial charge in [-0.15, -0.1) is 0 Å². The van der Waals surface area contributed by atoms with Crippen LogP contribution in [0.15, 0.2) is 42.7 Å². The number of hydrogen-bond acceptors (Lipinski definition) is 7. The van der Waals surface area contributed by atoms with Crippen molar-refractivity contribution in [2.24, 2.45) is 11.7 Å². The van der Waals surface area contributed by atoms with E-state index in [0.717, 1.165) is 16.8 Å². The molecule has 0 bridgehead atoms. The summed E-state index contributed by atoms with van der Waals surface area (Å²) in [5, 5.41) is 0. The van der Waals surface area contributed by atoms with Crippen molar-refractivity contribution in [3.05, 3.63) is 48.3 Å². The quantitative estimate of drug-likeness (QED) is 0.592. The number of rotatable bonds is 6. The van der Waals surface area contributed by atoms with Crippen LogP contribution in [-0.4, -0.2) is 58.2 Å². The lowest BCUT2D eigenvalue weighted by atomic mass is 9.96. The van der Waals surface area contributed by atoms with Gasteiger partial charge in [0.2, 0.25) is 11.8 Å². The monoisotopic (exact) mass is 469 g/mol. The van der Waals surface area contributed by atoms with E-state index >= 15 is 0 Å². The number of fused-ring (bicyclic) bond motifs is 1. The smallest absolute Gasteiger partial charge is 0.242 e. The molecule has 0 radical (unpaired) electrons. The third-order valence-corrected chi connectivity index (χ3v) is 5.72. The molecule has 176 valence electrons. The predicted molar refractivity (Wildman–Crippen MR) is 132 cm³/mol. The molecule has 2 atom stereocenters. The summed E-state index contributed by atoms with van der Waals surface area (Å²) in [4.78, 5) is 27.0. The summed E-state index contributed by atoms with van der Waals surface area (Å²) in [6, 6.07) is 10.00. The summed E-state index contributed by atoms with van der Waals surface area (Å²) in [5.74, 6) is 0.795. The lowest BCUT2D eigenvalue weighted by molar-refractivity contribution is -0.137. The maximum atomic E-state index is 11.7. The van der Waals surface area contributed by atoms with Crippen LogP contribution in [0, 0.1) is 5.92 Å². The Bertz CT molecular complexity index is 1090. The van der Waals surface area contributed by atoms with Crippen LogP contribution in [0.3, 0.4) is 0 Å². The highest BCUT2D eigenvalue weighted by molar-refractivity contribution is 7.59. The van der Waals surface area contributed by atoms with Crippen LogP contribution >= 0.6 is 13.5 Å². The Morgan fingerprint density at radius 2 is 1.97 bits per heavy atom. The van der Waals surface area contributed by atoms with Gasteiger partial charge in [0.15, 0.2) is 5.52 Å². The Balaban J connectivity index is 0.00000306. The van der Waals surface area contributed by atoms with E-state index in [4.69, 9.17) is 20.2 Å². The molecule has 1 saturated heterocycles. The van der Waals surface area contributed by atoms with Crippen molar-refractivity contribution in [3.63, 3.8) is 0 Å². The van der Waals surface area contributed by atoms with Crippen molar-refractivity contribution < 1.29 is 14.3 Å². The molecule has 1 aliphatic rings. The van der Waals surface area contributed by atoms with Gasteiger partial charge in [0.25, 0.3) is 0 Å². The number of ether oxygens (including phenoxy) is 2. The average molecular weight is 470 g/mol. The maximum Gasteiger partial charge on any atom is 0.242 e. The van der Waals surface area contributed by atoms with Crippen LogP contribution in [0.25, 0.3) is 22.3 Å². The third-order valence-electron chi connectivity index (χ3n) is 5.72. The van der Waals surface area contributed by atoms with Crippen molar-refractivity contribution in [3.8, 4) is 17.1 Å². The molecule has 2 N–H and O–H groups in total. The Labute approximate surface area is 201 Å². The molecule has 1 unspecified atom stereocenters. The van der Waals surface area contributed by atoms with Gasteiger partial charge in [-0.25, -0.2) is 9.97 Å². The van der Waals surface area contributed by atoms with Gasteiger partial charge in [0.1, 0.15) is 12.7 Å². The van der Waals surface area contributed by atoms with Gasteiger partial charge in [0.05, 0.1) is 24.4 Å². The topological polar surface area (TPSA) is 103 Å². The van der Waals surface area contributed by atoms with Crippen molar-refractivity contribution in [1.82, 2.24) is 19.9 Å². The maximum absolute atomic E-state index is 11.7. The van der Waals surface area contributed by atoms with Crippen LogP contribution in [0.4, 0.5) is 0 Å². The minimum absolute atomic E-state index is 0. The second kappa shape index (κ2) is 10.9. The number of aromatic nitrogens is 3. The van der Waals surface area contributed by atoms with E-state index in [1.807, 2.05) is 30.3 Å². The first kappa shape index (κ1) is 24.9. The minimum atomic E-state index is -0.221. The summed E-state index contributed by atoms with van der Waals surface area (Å²) in [6.07, 6.45) is 3.05. The van der Waals surface area contributed by atoms with Gasteiger partial charge < -0.3 is 20.1 Å². The Morgan fingerprint density at radius 1 is 1.24 bits per heavy atom. The van der Waals surface area contributed by atoms with E-state index in [-0.39, 0.29) is 38.2 Å². The second-order valence-electron chi connectivity index (χ2n) is 8.40. The number of nitrogens with two attached hydrogens (primary N) is 1. The van der Waals surface area contributed by atoms with Gasteiger partial charge in [-0.2, -0.15) is 13.5 Å². The van der Waals surface area contributed by atoms with E-state index < -0.39 is 0 Å². The van der Waals surface area contributed by atoms with E-state index in [0.29, 0.717) is 42.5 Å². The zero-order valence-corrected chi connectivity index (χ0v) is 20.2. The predicted octanol–water partition coefficient (Wildman–Crippen LogP) is 3.09. The van der Waals surface area contributed by atoms with E-state index in [1.54, 1.807) is 24.2 Å². The zero-order valence-electron chi connectivity index (χ0n) is 19.2. The first-order valence-electron chi connectivity index (χ1n) is 10.9. The molecule has 3 heterocycles. The van der Waals surface area contributed by atoms with Crippen molar-refractivity contribution >= 4 is 30.4 Å². The average Bonchev–Trinajstić information content (AvgIpc) is 2.82. The first-order valence-corrected chi connectivity index (χ1v) is 10.9. The molecule has 1 fully saturated rings. The molecule has 0 spiro atoms. The normalized spacial score (nSPS) is 17.0. The second-order valence-corrected chi connectivity index (χ2v) is 8.40. The lowest BCUT2D eigenvalue weighted by Gasteiger charge is -2.32. The number of amides is 1. The summed E-state index contributed by atoms with van der Waals surface area (Å²) in [7, 11) is 0. The number of hydrogen-bond donors (Lipinski definition) is 1. The fourth-order valence-electron chi connectivity index (χ4n) is 3.73. The molecule has 9 heteroatoms. The minimum Gasteiger partial charge on any atom is -0.473 e. The molecule has 1 amide bonds. The van der Waals surface area contributed by atoms with Crippen LogP contribution in [-0.2, 0) is 9.53 Å². The molecule has 0 saturated carbocycles. The van der Waals surface area contributed by atoms with Gasteiger partial charge in [0, 0.05) is 37.5 Å². The molecule has 8 nitrogen and oxygen atoms in total. The van der Waals surface area contributed by atoms with Crippen LogP contribution in [0.2, 0.25) is 0 Å². The highest BCUT2D eigenvalue weighted by Gasteiger charge is 2.23. The molecule has 33 heavy (non-hydrogen) atoms. The van der Waals surface area contributed by atoms with Gasteiger partial charge in [-0.05, 0) is 17.5 Å². The van der Waals surface area contributed by atoms with Crippen molar-refractivity contribution in [2.75, 3.05) is 26.3 Å². The fourth-order valence-corrected chi connectivity index (χ4v) is 3.73. The summed E-state index contributed by atoms with van der Waals surface area (Å²) >= 11 is 0. The highest BCUT2D eigenvalue weighted by atomic mass is 32.1. The van der Waals surface area contributed by atoms with E-state index in [1.165, 1.54) is 0 Å². The van der Waals surface area contributed by atoms with Gasteiger partial charge in [-0.1, -0.05) is 38.1 Å². The van der Waals surface area contributed by atoms with Gasteiger partial charge in [-0.3, -0.25) is 9.78 Å². The lowest BCUT2D eigenvalue weighted by Crippen LogP contribution is -2.46. The number of carbonyl (C=O) groups is 1. The Kier molecular flexibility index (Phi) is 8.23. The fraction of sp³-hybridized carbons (Fsp3) is 0.417. The third kappa shape index (κ3) is 5.79. The molecule has 4 rings (SSSR count). The first-order chi connectivity index (χ1) is 15.4. The van der Waals surface area contributed by atoms with Gasteiger partial charge >= 0.3 is 0 Å². The summed E-state index contributed by atoms with van der Waals surface area (Å²) in [5.41, 5.74) is 10.3. The van der Waals surface area contributed by atoms with E-state index in [2.05, 4.69) is 23.8 Å². The number of nitrogens with zero attached hydrogens (tertiary/aromatic N) is 4. The Morgan fingerprint density at radius 3 is 2.67 bits per heavy atom. The molecular weight excluding hydrogens is 438 g/mol. The molecular formula is C24H31N5O3S. The zero-order chi connectivity index (χ0) is 22.7. The number of morpholine rings is 1. The number of benzene rings is 1. The standard InChI is InChI=1S/C24H29N5O3.H2S/c1-15(2)22(25)18-6-4-17(5-7-18)20-12-21-23(27-9-8-26-21)24(28-20)32-14-19-13-29(16(3)30)10-11-31-19;/h4-9,12,15,19,22H,10-11,13-14,25H2,1-3H3;1H2/t19-,22?;/m0./s1. The molecule has 0 aliphatic carbocycles. The number of carbonyl (C=O) groups excluding carboxylic acids is 1. The summed E-state index contributed by atoms with van der Waals surface area (Å²) < 4.78 is 11.8. The summed E-state index contributed by atoms with van der Waals surface area (Å²) in [6.45, 7) is 7.65. The van der Waals surface area contributed by atoms with Crippen LogP contribution in [0.5, 0.6) is 5.88 Å².